The van der Waals surface area contributed by atoms with Gasteiger partial charge in [-0.3, -0.25) is 14.8 Å². The van der Waals surface area contributed by atoms with Crippen molar-refractivity contribution in [2.75, 3.05) is 79.9 Å². The molecule has 0 bridgehead atoms. The van der Waals surface area contributed by atoms with Crippen LogP contribution in [0.25, 0.3) is 0 Å². The van der Waals surface area contributed by atoms with Crippen molar-refractivity contribution < 1.29 is 14.2 Å². The molecule has 2 aliphatic heterocycles. The molecular weight excluding hydrogens is 394 g/mol. The van der Waals surface area contributed by atoms with Crippen LogP contribution in [0.15, 0.2) is 29.3 Å². The van der Waals surface area contributed by atoms with E-state index in [0.29, 0.717) is 0 Å². The zero-order chi connectivity index (χ0) is 22.1. The Labute approximate surface area is 186 Å². The van der Waals surface area contributed by atoms with Crippen molar-refractivity contribution in [1.82, 2.24) is 20.4 Å². The van der Waals surface area contributed by atoms with Crippen molar-refractivity contribution in [3.63, 3.8) is 0 Å². The minimum atomic E-state index is 0.0288. The van der Waals surface area contributed by atoms with Gasteiger partial charge < -0.3 is 24.8 Å². The summed E-state index contributed by atoms with van der Waals surface area (Å²) in [5.41, 5.74) is 1.29. The van der Waals surface area contributed by atoms with Crippen molar-refractivity contribution in [1.29, 1.82) is 0 Å². The van der Waals surface area contributed by atoms with Crippen LogP contribution >= 0.6 is 0 Å². The molecule has 1 atom stereocenters. The second-order valence-electron chi connectivity index (χ2n) is 8.66. The molecule has 8 nitrogen and oxygen atoms in total. The molecule has 8 heteroatoms. The number of methoxy groups -OCH3 is 1. The summed E-state index contributed by atoms with van der Waals surface area (Å²) < 4.78 is 16.4. The van der Waals surface area contributed by atoms with Gasteiger partial charge in [0, 0.05) is 51.9 Å². The van der Waals surface area contributed by atoms with Gasteiger partial charge in [0.25, 0.3) is 0 Å². The van der Waals surface area contributed by atoms with Crippen LogP contribution in [-0.4, -0.2) is 101 Å². The first-order valence-electron chi connectivity index (χ1n) is 11.3. The molecule has 3 rings (SSSR count). The zero-order valence-corrected chi connectivity index (χ0v) is 19.5. The van der Waals surface area contributed by atoms with Gasteiger partial charge in [-0.25, -0.2) is 0 Å². The minimum Gasteiger partial charge on any atom is -0.497 e. The number of nitrogens with zero attached hydrogens (tertiary/aromatic N) is 3. The molecule has 174 valence electrons. The number of guanidine groups is 1. The van der Waals surface area contributed by atoms with Crippen LogP contribution in [-0.2, 0) is 9.47 Å². The fourth-order valence-electron chi connectivity index (χ4n) is 4.17. The topological polar surface area (TPSA) is 70.6 Å². The molecule has 0 amide bonds. The first kappa shape index (κ1) is 23.8. The van der Waals surface area contributed by atoms with Crippen LogP contribution in [0.2, 0.25) is 0 Å². The highest BCUT2D eigenvalue weighted by molar-refractivity contribution is 5.79. The van der Waals surface area contributed by atoms with Gasteiger partial charge in [-0.2, -0.15) is 0 Å². The molecule has 2 saturated heterocycles. The molecule has 2 fully saturated rings. The van der Waals surface area contributed by atoms with E-state index in [1.165, 1.54) is 5.56 Å². The summed E-state index contributed by atoms with van der Waals surface area (Å²) in [7, 11) is 3.53. The number of hydrogen-bond donors (Lipinski definition) is 2. The molecular formula is C23H39N5O3. The summed E-state index contributed by atoms with van der Waals surface area (Å²) in [5, 5.41) is 7.08. The third-order valence-corrected chi connectivity index (χ3v) is 6.23. The summed E-state index contributed by atoms with van der Waals surface area (Å²) >= 11 is 0. The van der Waals surface area contributed by atoms with Crippen LogP contribution in [0.4, 0.5) is 0 Å². The van der Waals surface area contributed by atoms with Gasteiger partial charge in [-0.15, -0.1) is 0 Å². The van der Waals surface area contributed by atoms with Crippen LogP contribution in [0.3, 0.4) is 0 Å². The predicted octanol–water partition coefficient (Wildman–Crippen LogP) is 1.34. The third kappa shape index (κ3) is 6.80. The highest BCUT2D eigenvalue weighted by Crippen LogP contribution is 2.23. The zero-order valence-electron chi connectivity index (χ0n) is 19.5. The van der Waals surface area contributed by atoms with E-state index in [1.54, 1.807) is 7.11 Å². The number of nitrogens with one attached hydrogen (secondary N) is 2. The van der Waals surface area contributed by atoms with Gasteiger partial charge in [0.15, 0.2) is 5.96 Å². The minimum absolute atomic E-state index is 0.0288. The van der Waals surface area contributed by atoms with E-state index in [2.05, 4.69) is 51.4 Å². The van der Waals surface area contributed by atoms with Crippen LogP contribution < -0.4 is 15.4 Å². The van der Waals surface area contributed by atoms with E-state index >= 15 is 0 Å². The molecule has 31 heavy (non-hydrogen) atoms. The largest absolute Gasteiger partial charge is 0.497 e. The molecule has 1 unspecified atom stereocenters. The fraction of sp³-hybridized carbons (Fsp3) is 0.696. The molecule has 1 aromatic carbocycles. The van der Waals surface area contributed by atoms with Crippen molar-refractivity contribution in [3.05, 3.63) is 29.8 Å². The maximum Gasteiger partial charge on any atom is 0.191 e. The Kier molecular flexibility index (Phi) is 8.95. The van der Waals surface area contributed by atoms with E-state index in [-0.39, 0.29) is 11.6 Å². The van der Waals surface area contributed by atoms with E-state index in [1.807, 2.05) is 19.2 Å². The van der Waals surface area contributed by atoms with Crippen molar-refractivity contribution in [2.45, 2.75) is 25.4 Å². The molecule has 2 heterocycles. The maximum atomic E-state index is 5.57. The standard InChI is InChI=1S/C23H39N5O3/c1-23(2,28-11-15-31-16-12-28)18-26-22(24-3)25-17-21(27-9-13-30-14-10-27)19-5-7-20(29-4)8-6-19/h5-8,21H,9-18H2,1-4H3,(H2,24,25,26). The number of morpholine rings is 2. The Hall–Kier alpha value is -1.87. The van der Waals surface area contributed by atoms with Gasteiger partial charge in [0.2, 0.25) is 0 Å². The van der Waals surface area contributed by atoms with Gasteiger partial charge in [0.1, 0.15) is 5.75 Å². The molecule has 1 aromatic rings. The quantitative estimate of drug-likeness (QED) is 0.474. The predicted molar refractivity (Wildman–Crippen MR) is 124 cm³/mol. The van der Waals surface area contributed by atoms with Gasteiger partial charge in [0.05, 0.1) is 39.6 Å². The molecule has 0 radical (unpaired) electrons. The molecule has 2 aliphatic rings. The monoisotopic (exact) mass is 433 g/mol. The Bertz CT molecular complexity index is 683. The molecule has 2 N–H and O–H groups in total. The number of benzene rings is 1. The number of hydrogen-bond acceptors (Lipinski definition) is 6. The summed E-state index contributed by atoms with van der Waals surface area (Å²) in [6.45, 7) is 13.1. The highest BCUT2D eigenvalue weighted by atomic mass is 16.5. The summed E-state index contributed by atoms with van der Waals surface area (Å²) in [6, 6.07) is 8.60. The second-order valence-corrected chi connectivity index (χ2v) is 8.66. The first-order valence-corrected chi connectivity index (χ1v) is 11.3. The summed E-state index contributed by atoms with van der Waals surface area (Å²) in [6.07, 6.45) is 0. The Morgan fingerprint density at radius 1 is 1.03 bits per heavy atom. The van der Waals surface area contributed by atoms with Crippen molar-refractivity contribution in [2.24, 2.45) is 4.99 Å². The SMILES string of the molecule is CN=C(NCC(c1ccc(OC)cc1)N1CCOCC1)NCC(C)(C)N1CCOCC1. The summed E-state index contributed by atoms with van der Waals surface area (Å²) in [5.74, 6) is 1.70. The second kappa shape index (κ2) is 11.7. The molecule has 0 saturated carbocycles. The fourth-order valence-corrected chi connectivity index (χ4v) is 4.17. The third-order valence-electron chi connectivity index (χ3n) is 6.23. The Morgan fingerprint density at radius 3 is 2.23 bits per heavy atom. The van der Waals surface area contributed by atoms with E-state index < -0.39 is 0 Å². The van der Waals surface area contributed by atoms with Crippen molar-refractivity contribution >= 4 is 5.96 Å². The number of ether oxygens (including phenoxy) is 3. The van der Waals surface area contributed by atoms with E-state index in [9.17, 15) is 0 Å². The van der Waals surface area contributed by atoms with Crippen molar-refractivity contribution in [3.8, 4) is 5.75 Å². The lowest BCUT2D eigenvalue weighted by Gasteiger charge is -2.41. The lowest BCUT2D eigenvalue weighted by Crippen LogP contribution is -2.57. The summed E-state index contributed by atoms with van der Waals surface area (Å²) in [4.78, 5) is 9.41. The average molecular weight is 434 g/mol. The Balaban J connectivity index is 1.60. The molecule has 0 aromatic heterocycles. The number of rotatable bonds is 8. The molecule has 0 aliphatic carbocycles. The van der Waals surface area contributed by atoms with Gasteiger partial charge >= 0.3 is 0 Å². The lowest BCUT2D eigenvalue weighted by atomic mass is 10.0. The smallest absolute Gasteiger partial charge is 0.191 e. The van der Waals surface area contributed by atoms with Crippen LogP contribution in [0, 0.1) is 0 Å². The highest BCUT2D eigenvalue weighted by Gasteiger charge is 2.28. The van der Waals surface area contributed by atoms with Crippen LogP contribution in [0.5, 0.6) is 5.75 Å². The normalized spacial score (nSPS) is 20.3. The van der Waals surface area contributed by atoms with E-state index in [0.717, 1.165) is 77.4 Å². The lowest BCUT2D eigenvalue weighted by molar-refractivity contribution is -0.00836. The first-order chi connectivity index (χ1) is 15.0. The van der Waals surface area contributed by atoms with E-state index in [4.69, 9.17) is 14.2 Å². The van der Waals surface area contributed by atoms with Gasteiger partial charge in [-0.1, -0.05) is 12.1 Å². The number of aliphatic imine (C=N–C) groups is 1. The van der Waals surface area contributed by atoms with Gasteiger partial charge in [-0.05, 0) is 31.5 Å². The maximum absolute atomic E-state index is 5.57. The Morgan fingerprint density at radius 2 is 1.65 bits per heavy atom. The van der Waals surface area contributed by atoms with Crippen LogP contribution in [0.1, 0.15) is 25.5 Å². The molecule has 0 spiro atoms. The average Bonchev–Trinajstić information content (AvgIpc) is 2.82.